The van der Waals surface area contributed by atoms with Crippen molar-refractivity contribution in [3.8, 4) is 0 Å². The van der Waals surface area contributed by atoms with E-state index in [0.29, 0.717) is 17.0 Å². The molecule has 0 spiro atoms. The SMILES string of the molecule is CCNC(Cc1ccccc1F)c1cccc(Cl)c1. The summed E-state index contributed by atoms with van der Waals surface area (Å²) in [5.74, 6) is -0.160. The topological polar surface area (TPSA) is 12.0 Å². The first-order valence-electron chi connectivity index (χ1n) is 6.43. The highest BCUT2D eigenvalue weighted by molar-refractivity contribution is 6.30. The zero-order chi connectivity index (χ0) is 13.7. The van der Waals surface area contributed by atoms with E-state index in [2.05, 4.69) is 5.32 Å². The monoisotopic (exact) mass is 277 g/mol. The Bertz CT molecular complexity index is 542. The predicted octanol–water partition coefficient (Wildman–Crippen LogP) is 4.37. The summed E-state index contributed by atoms with van der Waals surface area (Å²) in [4.78, 5) is 0. The molecule has 0 radical (unpaired) electrons. The minimum absolute atomic E-state index is 0.0700. The first kappa shape index (κ1) is 14.0. The molecule has 0 aliphatic heterocycles. The molecule has 1 unspecified atom stereocenters. The summed E-state index contributed by atoms with van der Waals surface area (Å²) < 4.78 is 13.7. The predicted molar refractivity (Wildman–Crippen MR) is 78.0 cm³/mol. The van der Waals surface area contributed by atoms with Gasteiger partial charge >= 0.3 is 0 Å². The fraction of sp³-hybridized carbons (Fsp3) is 0.250. The number of halogens is 2. The van der Waals surface area contributed by atoms with E-state index in [4.69, 9.17) is 11.6 Å². The van der Waals surface area contributed by atoms with Gasteiger partial charge < -0.3 is 5.32 Å². The highest BCUT2D eigenvalue weighted by Gasteiger charge is 2.13. The lowest BCUT2D eigenvalue weighted by molar-refractivity contribution is 0.528. The molecule has 0 saturated carbocycles. The van der Waals surface area contributed by atoms with Crippen molar-refractivity contribution in [1.82, 2.24) is 5.32 Å². The van der Waals surface area contributed by atoms with Gasteiger partial charge in [0.05, 0.1) is 0 Å². The van der Waals surface area contributed by atoms with E-state index >= 15 is 0 Å². The van der Waals surface area contributed by atoms with Gasteiger partial charge in [-0.05, 0) is 42.3 Å². The van der Waals surface area contributed by atoms with Gasteiger partial charge in [-0.1, -0.05) is 48.9 Å². The van der Waals surface area contributed by atoms with E-state index in [9.17, 15) is 4.39 Å². The van der Waals surface area contributed by atoms with Crippen molar-refractivity contribution in [1.29, 1.82) is 0 Å². The summed E-state index contributed by atoms with van der Waals surface area (Å²) in [7, 11) is 0. The molecule has 0 aliphatic rings. The van der Waals surface area contributed by atoms with Crippen LogP contribution in [0, 0.1) is 5.82 Å². The van der Waals surface area contributed by atoms with Gasteiger partial charge in [-0.3, -0.25) is 0 Å². The van der Waals surface area contributed by atoms with Crippen LogP contribution in [0.5, 0.6) is 0 Å². The maximum Gasteiger partial charge on any atom is 0.126 e. The molecule has 1 atom stereocenters. The summed E-state index contributed by atoms with van der Waals surface area (Å²) in [5.41, 5.74) is 1.80. The lowest BCUT2D eigenvalue weighted by Gasteiger charge is -2.19. The second-order valence-corrected chi connectivity index (χ2v) is 4.90. The quantitative estimate of drug-likeness (QED) is 0.856. The fourth-order valence-corrected chi connectivity index (χ4v) is 2.36. The zero-order valence-electron chi connectivity index (χ0n) is 10.9. The molecule has 2 rings (SSSR count). The Kier molecular flexibility index (Phi) is 4.94. The highest BCUT2D eigenvalue weighted by Crippen LogP contribution is 2.22. The summed E-state index contributed by atoms with van der Waals surface area (Å²) in [6, 6.07) is 14.7. The number of hydrogen-bond donors (Lipinski definition) is 1. The Hall–Kier alpha value is -1.38. The minimum atomic E-state index is -0.160. The van der Waals surface area contributed by atoms with Crippen molar-refractivity contribution in [3.63, 3.8) is 0 Å². The second kappa shape index (κ2) is 6.69. The maximum atomic E-state index is 13.7. The van der Waals surface area contributed by atoms with Gasteiger partial charge in [0.25, 0.3) is 0 Å². The number of likely N-dealkylation sites (N-methyl/N-ethyl adjacent to an activating group) is 1. The van der Waals surface area contributed by atoms with E-state index in [-0.39, 0.29) is 11.9 Å². The molecule has 0 heterocycles. The number of benzene rings is 2. The van der Waals surface area contributed by atoms with Gasteiger partial charge in [0.15, 0.2) is 0 Å². The molecule has 0 fully saturated rings. The van der Waals surface area contributed by atoms with E-state index in [1.54, 1.807) is 6.07 Å². The van der Waals surface area contributed by atoms with Crippen LogP contribution in [-0.4, -0.2) is 6.54 Å². The van der Waals surface area contributed by atoms with Crippen molar-refractivity contribution in [2.45, 2.75) is 19.4 Å². The van der Waals surface area contributed by atoms with Crippen LogP contribution in [0.1, 0.15) is 24.1 Å². The lowest BCUT2D eigenvalue weighted by atomic mass is 9.98. The van der Waals surface area contributed by atoms with Crippen LogP contribution in [-0.2, 0) is 6.42 Å². The molecule has 3 heteroatoms. The van der Waals surface area contributed by atoms with Gasteiger partial charge in [0.2, 0.25) is 0 Å². The number of nitrogens with one attached hydrogen (secondary N) is 1. The second-order valence-electron chi connectivity index (χ2n) is 4.46. The minimum Gasteiger partial charge on any atom is -0.310 e. The van der Waals surface area contributed by atoms with Crippen LogP contribution >= 0.6 is 11.6 Å². The van der Waals surface area contributed by atoms with Crippen LogP contribution in [0.2, 0.25) is 5.02 Å². The molecule has 2 aromatic carbocycles. The van der Waals surface area contributed by atoms with Crippen molar-refractivity contribution < 1.29 is 4.39 Å². The standard InChI is InChI=1S/C16H17ClFN/c1-2-19-16(13-7-5-8-14(17)10-13)11-12-6-3-4-9-15(12)18/h3-10,16,19H,2,11H2,1H3. The van der Waals surface area contributed by atoms with E-state index in [0.717, 1.165) is 12.1 Å². The molecule has 100 valence electrons. The van der Waals surface area contributed by atoms with Crippen LogP contribution in [0.4, 0.5) is 4.39 Å². The Morgan fingerprint density at radius 1 is 1.16 bits per heavy atom. The molecule has 0 aromatic heterocycles. The molecule has 0 bridgehead atoms. The number of rotatable bonds is 5. The summed E-state index contributed by atoms with van der Waals surface area (Å²) in [6.07, 6.45) is 0.612. The third kappa shape index (κ3) is 3.79. The Morgan fingerprint density at radius 2 is 1.95 bits per heavy atom. The molecule has 19 heavy (non-hydrogen) atoms. The smallest absolute Gasteiger partial charge is 0.126 e. The molecule has 0 aliphatic carbocycles. The average molecular weight is 278 g/mol. The Morgan fingerprint density at radius 3 is 2.63 bits per heavy atom. The Labute approximate surface area is 118 Å². The van der Waals surface area contributed by atoms with Gasteiger partial charge in [-0.25, -0.2) is 4.39 Å². The van der Waals surface area contributed by atoms with Gasteiger partial charge in [-0.15, -0.1) is 0 Å². The van der Waals surface area contributed by atoms with Gasteiger partial charge in [0, 0.05) is 11.1 Å². The summed E-state index contributed by atoms with van der Waals surface area (Å²) in [6.45, 7) is 2.87. The molecular formula is C16H17ClFN. The summed E-state index contributed by atoms with van der Waals surface area (Å²) >= 11 is 6.02. The largest absolute Gasteiger partial charge is 0.310 e. The van der Waals surface area contributed by atoms with E-state index < -0.39 is 0 Å². The highest BCUT2D eigenvalue weighted by atomic mass is 35.5. The van der Waals surface area contributed by atoms with Crippen LogP contribution in [0.15, 0.2) is 48.5 Å². The van der Waals surface area contributed by atoms with Gasteiger partial charge in [-0.2, -0.15) is 0 Å². The Balaban J connectivity index is 2.24. The van der Waals surface area contributed by atoms with Gasteiger partial charge in [0.1, 0.15) is 5.82 Å². The first-order valence-corrected chi connectivity index (χ1v) is 6.80. The maximum absolute atomic E-state index is 13.7. The van der Waals surface area contributed by atoms with E-state index in [1.807, 2.05) is 43.3 Å². The van der Waals surface area contributed by atoms with E-state index in [1.165, 1.54) is 6.07 Å². The molecule has 1 nitrogen and oxygen atoms in total. The van der Waals surface area contributed by atoms with Crippen LogP contribution in [0.25, 0.3) is 0 Å². The lowest BCUT2D eigenvalue weighted by Crippen LogP contribution is -2.23. The first-order chi connectivity index (χ1) is 9.20. The third-order valence-corrected chi connectivity index (χ3v) is 3.32. The van der Waals surface area contributed by atoms with Crippen molar-refractivity contribution >= 4 is 11.6 Å². The third-order valence-electron chi connectivity index (χ3n) is 3.08. The zero-order valence-corrected chi connectivity index (χ0v) is 11.6. The molecule has 0 saturated heterocycles. The van der Waals surface area contributed by atoms with Crippen LogP contribution in [0.3, 0.4) is 0 Å². The fourth-order valence-electron chi connectivity index (χ4n) is 2.16. The van der Waals surface area contributed by atoms with Crippen molar-refractivity contribution in [2.75, 3.05) is 6.54 Å². The van der Waals surface area contributed by atoms with Crippen LogP contribution < -0.4 is 5.32 Å². The normalized spacial score (nSPS) is 12.4. The summed E-state index contributed by atoms with van der Waals surface area (Å²) in [5, 5.41) is 4.08. The molecule has 0 amide bonds. The molecule has 1 N–H and O–H groups in total. The molecule has 2 aromatic rings. The van der Waals surface area contributed by atoms with Crippen molar-refractivity contribution in [3.05, 3.63) is 70.5 Å². The number of hydrogen-bond acceptors (Lipinski definition) is 1. The van der Waals surface area contributed by atoms with Crippen molar-refractivity contribution in [2.24, 2.45) is 0 Å². The molecular weight excluding hydrogens is 261 g/mol. The average Bonchev–Trinajstić information content (AvgIpc) is 2.40.